The first-order chi connectivity index (χ1) is 7.24. The van der Waals surface area contributed by atoms with Crippen LogP contribution in [-0.2, 0) is 6.42 Å². The number of rotatable bonds is 6. The lowest BCUT2D eigenvalue weighted by Gasteiger charge is -2.04. The highest BCUT2D eigenvalue weighted by Crippen LogP contribution is 2.08. The van der Waals surface area contributed by atoms with Crippen LogP contribution in [0.15, 0.2) is 18.2 Å². The standard InChI is InChI=1S/C11H16F2N2/c12-10-3-2-9(8-11(10)13)4-7-15-6-1-5-14/h2-3,8,15H,1,4-7,14H2. The summed E-state index contributed by atoms with van der Waals surface area (Å²) in [5, 5.41) is 3.17. The Labute approximate surface area is 88.5 Å². The number of hydrogen-bond donors (Lipinski definition) is 2. The second-order valence-electron chi connectivity index (χ2n) is 3.39. The lowest BCUT2D eigenvalue weighted by atomic mass is 10.1. The second kappa shape index (κ2) is 6.48. The second-order valence-corrected chi connectivity index (χ2v) is 3.39. The Morgan fingerprint density at radius 2 is 1.93 bits per heavy atom. The number of benzene rings is 1. The molecule has 0 amide bonds. The molecule has 3 N–H and O–H groups in total. The number of hydrogen-bond acceptors (Lipinski definition) is 2. The quantitative estimate of drug-likeness (QED) is 0.703. The zero-order valence-corrected chi connectivity index (χ0v) is 8.60. The van der Waals surface area contributed by atoms with E-state index >= 15 is 0 Å². The summed E-state index contributed by atoms with van der Waals surface area (Å²) in [5.74, 6) is -1.58. The van der Waals surface area contributed by atoms with Gasteiger partial charge in [-0.2, -0.15) is 0 Å². The van der Waals surface area contributed by atoms with Crippen molar-refractivity contribution in [3.63, 3.8) is 0 Å². The molecule has 1 rings (SSSR count). The van der Waals surface area contributed by atoms with E-state index in [9.17, 15) is 8.78 Å². The predicted octanol–water partition coefficient (Wildman–Crippen LogP) is 1.45. The molecule has 0 radical (unpaired) electrons. The fourth-order valence-corrected chi connectivity index (χ4v) is 1.28. The van der Waals surface area contributed by atoms with E-state index in [0.29, 0.717) is 13.0 Å². The largest absolute Gasteiger partial charge is 0.330 e. The van der Waals surface area contributed by atoms with Gasteiger partial charge in [0.2, 0.25) is 0 Å². The van der Waals surface area contributed by atoms with Gasteiger partial charge in [0.05, 0.1) is 0 Å². The minimum absolute atomic E-state index is 0.665. The molecule has 1 aromatic rings. The van der Waals surface area contributed by atoms with E-state index in [2.05, 4.69) is 5.32 Å². The smallest absolute Gasteiger partial charge is 0.159 e. The van der Waals surface area contributed by atoms with E-state index in [1.54, 1.807) is 6.07 Å². The van der Waals surface area contributed by atoms with Crippen molar-refractivity contribution in [2.75, 3.05) is 19.6 Å². The molecule has 0 unspecified atom stereocenters. The average Bonchev–Trinajstić information content (AvgIpc) is 2.23. The summed E-state index contributed by atoms with van der Waals surface area (Å²) < 4.78 is 25.4. The summed E-state index contributed by atoms with van der Waals surface area (Å²) in [4.78, 5) is 0. The van der Waals surface area contributed by atoms with E-state index in [0.717, 1.165) is 31.1 Å². The van der Waals surface area contributed by atoms with E-state index in [1.165, 1.54) is 6.07 Å². The molecule has 0 saturated carbocycles. The molecule has 15 heavy (non-hydrogen) atoms. The first kappa shape index (κ1) is 12.1. The Morgan fingerprint density at radius 1 is 1.13 bits per heavy atom. The molecule has 0 saturated heterocycles. The molecule has 0 aliphatic heterocycles. The van der Waals surface area contributed by atoms with Gasteiger partial charge in [-0.15, -0.1) is 0 Å². The first-order valence-electron chi connectivity index (χ1n) is 5.08. The molecule has 0 aliphatic rings. The highest BCUT2D eigenvalue weighted by atomic mass is 19.2. The number of halogens is 2. The molecular weight excluding hydrogens is 198 g/mol. The fraction of sp³-hybridized carbons (Fsp3) is 0.455. The third-order valence-corrected chi connectivity index (χ3v) is 2.13. The number of nitrogens with two attached hydrogens (primary N) is 1. The predicted molar refractivity (Wildman–Crippen MR) is 56.6 cm³/mol. The zero-order valence-electron chi connectivity index (χ0n) is 8.60. The minimum Gasteiger partial charge on any atom is -0.330 e. The van der Waals surface area contributed by atoms with Crippen LogP contribution < -0.4 is 11.1 Å². The van der Waals surface area contributed by atoms with Crippen LogP contribution in [0, 0.1) is 11.6 Å². The molecule has 84 valence electrons. The van der Waals surface area contributed by atoms with E-state index in [-0.39, 0.29) is 0 Å². The van der Waals surface area contributed by atoms with Crippen molar-refractivity contribution in [2.45, 2.75) is 12.8 Å². The lowest BCUT2D eigenvalue weighted by Crippen LogP contribution is -2.20. The van der Waals surface area contributed by atoms with Crippen molar-refractivity contribution >= 4 is 0 Å². The molecule has 0 spiro atoms. The Morgan fingerprint density at radius 3 is 2.60 bits per heavy atom. The van der Waals surface area contributed by atoms with Crippen LogP contribution in [0.25, 0.3) is 0 Å². The van der Waals surface area contributed by atoms with Crippen molar-refractivity contribution in [1.82, 2.24) is 5.32 Å². The maximum Gasteiger partial charge on any atom is 0.159 e. The SMILES string of the molecule is NCCCNCCc1ccc(F)c(F)c1. The maximum absolute atomic E-state index is 12.8. The molecule has 0 fully saturated rings. The van der Waals surface area contributed by atoms with Crippen molar-refractivity contribution < 1.29 is 8.78 Å². The summed E-state index contributed by atoms with van der Waals surface area (Å²) in [6.45, 7) is 2.28. The summed E-state index contributed by atoms with van der Waals surface area (Å²) in [6, 6.07) is 3.99. The van der Waals surface area contributed by atoms with Crippen LogP contribution in [0.1, 0.15) is 12.0 Å². The minimum atomic E-state index is -0.796. The summed E-state index contributed by atoms with van der Waals surface area (Å²) in [6.07, 6.45) is 1.62. The highest BCUT2D eigenvalue weighted by molar-refractivity contribution is 5.17. The van der Waals surface area contributed by atoms with Crippen LogP contribution in [0.5, 0.6) is 0 Å². The summed E-state index contributed by atoms with van der Waals surface area (Å²) in [5.41, 5.74) is 6.13. The monoisotopic (exact) mass is 214 g/mol. The zero-order chi connectivity index (χ0) is 11.1. The van der Waals surface area contributed by atoms with E-state index < -0.39 is 11.6 Å². The van der Waals surface area contributed by atoms with Crippen LogP contribution in [-0.4, -0.2) is 19.6 Å². The van der Waals surface area contributed by atoms with Gasteiger partial charge in [-0.1, -0.05) is 6.07 Å². The van der Waals surface area contributed by atoms with Gasteiger partial charge in [0.15, 0.2) is 11.6 Å². The van der Waals surface area contributed by atoms with E-state index in [1.807, 2.05) is 0 Å². The molecule has 0 heterocycles. The van der Waals surface area contributed by atoms with Gasteiger partial charge >= 0.3 is 0 Å². The van der Waals surface area contributed by atoms with Crippen LogP contribution in [0.2, 0.25) is 0 Å². The van der Waals surface area contributed by atoms with E-state index in [4.69, 9.17) is 5.73 Å². The van der Waals surface area contributed by atoms with Gasteiger partial charge in [-0.05, 0) is 50.2 Å². The molecule has 0 bridgehead atoms. The van der Waals surface area contributed by atoms with Gasteiger partial charge in [0.1, 0.15) is 0 Å². The molecule has 0 aromatic heterocycles. The number of nitrogens with one attached hydrogen (secondary N) is 1. The topological polar surface area (TPSA) is 38.0 Å². The van der Waals surface area contributed by atoms with Gasteiger partial charge in [0.25, 0.3) is 0 Å². The van der Waals surface area contributed by atoms with Gasteiger partial charge in [0, 0.05) is 0 Å². The Bertz CT molecular complexity index is 303. The normalized spacial score (nSPS) is 10.6. The molecule has 0 atom stereocenters. The molecular formula is C11H16F2N2. The highest BCUT2D eigenvalue weighted by Gasteiger charge is 2.01. The van der Waals surface area contributed by atoms with Gasteiger partial charge < -0.3 is 11.1 Å². The van der Waals surface area contributed by atoms with Crippen LogP contribution in [0.3, 0.4) is 0 Å². The third kappa shape index (κ3) is 4.36. The summed E-state index contributed by atoms with van der Waals surface area (Å²) >= 11 is 0. The average molecular weight is 214 g/mol. The molecule has 4 heteroatoms. The first-order valence-corrected chi connectivity index (χ1v) is 5.08. The van der Waals surface area contributed by atoms with Gasteiger partial charge in [-0.25, -0.2) is 8.78 Å². The van der Waals surface area contributed by atoms with Gasteiger partial charge in [-0.3, -0.25) is 0 Å². The summed E-state index contributed by atoms with van der Waals surface area (Å²) in [7, 11) is 0. The van der Waals surface area contributed by atoms with Crippen LogP contribution >= 0.6 is 0 Å². The Kier molecular flexibility index (Phi) is 5.21. The fourth-order valence-electron chi connectivity index (χ4n) is 1.28. The third-order valence-electron chi connectivity index (χ3n) is 2.13. The maximum atomic E-state index is 12.8. The molecule has 0 aliphatic carbocycles. The van der Waals surface area contributed by atoms with Crippen molar-refractivity contribution in [3.05, 3.63) is 35.4 Å². The molecule has 1 aromatic carbocycles. The Hall–Kier alpha value is -1.00. The van der Waals surface area contributed by atoms with Crippen molar-refractivity contribution in [2.24, 2.45) is 5.73 Å². The van der Waals surface area contributed by atoms with Crippen molar-refractivity contribution in [3.8, 4) is 0 Å². The Balaban J connectivity index is 2.28. The van der Waals surface area contributed by atoms with Crippen molar-refractivity contribution in [1.29, 1.82) is 0 Å². The van der Waals surface area contributed by atoms with Crippen LogP contribution in [0.4, 0.5) is 8.78 Å². The molecule has 2 nitrogen and oxygen atoms in total. The lowest BCUT2D eigenvalue weighted by molar-refractivity contribution is 0.506.